The number of H-pyrrole nitrogens is 1. The number of fused-ring (bicyclic) bond motifs is 1. The zero-order valence-electron chi connectivity index (χ0n) is 12.6. The summed E-state index contributed by atoms with van der Waals surface area (Å²) in [5.41, 5.74) is 1.56. The van der Waals surface area contributed by atoms with Crippen LogP contribution in [0.15, 0.2) is 47.5 Å². The molecular weight excluding hydrogens is 363 g/mol. The smallest absolute Gasteiger partial charge is 0.281 e. The molecule has 0 aliphatic rings. The van der Waals surface area contributed by atoms with E-state index in [1.807, 2.05) is 0 Å². The molecule has 0 aliphatic carbocycles. The summed E-state index contributed by atoms with van der Waals surface area (Å²) in [7, 11) is 0. The van der Waals surface area contributed by atoms with Crippen molar-refractivity contribution in [1.82, 2.24) is 29.9 Å². The monoisotopic (exact) mass is 372 g/mol. The van der Waals surface area contributed by atoms with Crippen LogP contribution in [0.1, 0.15) is 5.56 Å². The minimum Gasteiger partial charge on any atom is -0.304 e. The minimum atomic E-state index is -0.367. The lowest BCUT2D eigenvalue weighted by Crippen LogP contribution is -2.11. The standard InChI is InChI=1S/C16H10Cl2N6O/c17-11-2-1-3-12(18)10(11)8-24-15-13(22-23-24)16(25)21-14(20-15)9-4-6-19-7-5-9/h1-7H,8H2,(H,20,21,25). The van der Waals surface area contributed by atoms with Gasteiger partial charge in [0, 0.05) is 33.6 Å². The van der Waals surface area contributed by atoms with Crippen molar-refractivity contribution < 1.29 is 0 Å². The highest BCUT2D eigenvalue weighted by Crippen LogP contribution is 2.25. The summed E-state index contributed by atoms with van der Waals surface area (Å²) in [6.07, 6.45) is 3.25. The average molecular weight is 373 g/mol. The zero-order chi connectivity index (χ0) is 17.4. The van der Waals surface area contributed by atoms with Crippen molar-refractivity contribution in [2.45, 2.75) is 6.54 Å². The SMILES string of the molecule is O=c1[nH]c(-c2ccncc2)nc2c1nnn2Cc1c(Cl)cccc1Cl. The molecule has 0 saturated carbocycles. The molecule has 3 aromatic heterocycles. The molecule has 0 amide bonds. The Kier molecular flexibility index (Phi) is 3.95. The van der Waals surface area contributed by atoms with Gasteiger partial charge in [0.2, 0.25) is 0 Å². The van der Waals surface area contributed by atoms with Gasteiger partial charge in [0.1, 0.15) is 5.82 Å². The number of pyridine rings is 1. The van der Waals surface area contributed by atoms with E-state index in [-0.39, 0.29) is 17.6 Å². The van der Waals surface area contributed by atoms with E-state index in [0.29, 0.717) is 27.1 Å². The van der Waals surface area contributed by atoms with Crippen LogP contribution >= 0.6 is 23.2 Å². The number of nitrogens with zero attached hydrogens (tertiary/aromatic N) is 5. The Labute approximate surface area is 151 Å². The van der Waals surface area contributed by atoms with Crippen LogP contribution in [0.2, 0.25) is 10.0 Å². The van der Waals surface area contributed by atoms with Gasteiger partial charge in [0.15, 0.2) is 11.2 Å². The number of halogens is 2. The second-order valence-corrected chi connectivity index (χ2v) is 6.08. The highest BCUT2D eigenvalue weighted by molar-refractivity contribution is 6.35. The fourth-order valence-corrected chi connectivity index (χ4v) is 2.97. The Balaban J connectivity index is 1.86. The third kappa shape index (κ3) is 2.88. The van der Waals surface area contributed by atoms with Crippen LogP contribution in [0.4, 0.5) is 0 Å². The maximum Gasteiger partial charge on any atom is 0.281 e. The van der Waals surface area contributed by atoms with E-state index in [1.165, 1.54) is 4.68 Å². The molecule has 0 radical (unpaired) electrons. The number of aromatic amines is 1. The topological polar surface area (TPSA) is 89.3 Å². The van der Waals surface area contributed by atoms with Crippen LogP contribution < -0.4 is 5.56 Å². The van der Waals surface area contributed by atoms with Crippen molar-refractivity contribution in [3.8, 4) is 11.4 Å². The fourth-order valence-electron chi connectivity index (χ4n) is 2.45. The van der Waals surface area contributed by atoms with Crippen LogP contribution in [-0.2, 0) is 6.54 Å². The molecule has 0 spiro atoms. The summed E-state index contributed by atoms with van der Waals surface area (Å²) in [5, 5.41) is 8.96. The summed E-state index contributed by atoms with van der Waals surface area (Å²) in [4.78, 5) is 23.4. The maximum absolute atomic E-state index is 12.3. The number of hydrogen-bond donors (Lipinski definition) is 1. The molecule has 0 saturated heterocycles. The third-order valence-electron chi connectivity index (χ3n) is 3.70. The first-order valence-electron chi connectivity index (χ1n) is 7.30. The Morgan fingerprint density at radius 2 is 1.80 bits per heavy atom. The summed E-state index contributed by atoms with van der Waals surface area (Å²) in [6, 6.07) is 8.75. The lowest BCUT2D eigenvalue weighted by atomic mass is 10.2. The molecule has 9 heteroatoms. The molecule has 7 nitrogen and oxygen atoms in total. The van der Waals surface area contributed by atoms with Crippen LogP contribution in [0.5, 0.6) is 0 Å². The van der Waals surface area contributed by atoms with Crippen molar-refractivity contribution in [1.29, 1.82) is 0 Å². The van der Waals surface area contributed by atoms with Crippen LogP contribution in [0.25, 0.3) is 22.6 Å². The number of hydrogen-bond acceptors (Lipinski definition) is 5. The molecule has 0 aliphatic heterocycles. The minimum absolute atomic E-state index is 0.154. The van der Waals surface area contributed by atoms with Crippen LogP contribution in [0.3, 0.4) is 0 Å². The van der Waals surface area contributed by atoms with Crippen molar-refractivity contribution in [3.05, 3.63) is 68.7 Å². The lowest BCUT2D eigenvalue weighted by Gasteiger charge is -2.07. The second-order valence-electron chi connectivity index (χ2n) is 5.27. The molecule has 0 unspecified atom stereocenters. The molecule has 0 bridgehead atoms. The number of aromatic nitrogens is 6. The largest absolute Gasteiger partial charge is 0.304 e. The van der Waals surface area contributed by atoms with Gasteiger partial charge >= 0.3 is 0 Å². The van der Waals surface area contributed by atoms with Gasteiger partial charge in [0.25, 0.3) is 5.56 Å². The van der Waals surface area contributed by atoms with Gasteiger partial charge in [-0.3, -0.25) is 9.78 Å². The molecule has 1 N–H and O–H groups in total. The molecule has 3 heterocycles. The molecule has 4 rings (SSSR count). The summed E-state index contributed by atoms with van der Waals surface area (Å²) >= 11 is 12.4. The Morgan fingerprint density at radius 1 is 1.08 bits per heavy atom. The first-order valence-corrected chi connectivity index (χ1v) is 8.06. The normalized spacial score (nSPS) is 11.1. The first kappa shape index (κ1) is 15.7. The summed E-state index contributed by atoms with van der Waals surface area (Å²) in [6.45, 7) is 0.251. The van der Waals surface area contributed by atoms with E-state index in [0.717, 1.165) is 5.56 Å². The Hall–Kier alpha value is -2.77. The first-order chi connectivity index (χ1) is 12.1. The summed E-state index contributed by atoms with van der Waals surface area (Å²) < 4.78 is 1.50. The second kappa shape index (κ2) is 6.27. The predicted octanol–water partition coefficient (Wildman–Crippen LogP) is 2.93. The van der Waals surface area contributed by atoms with Crippen molar-refractivity contribution in [3.63, 3.8) is 0 Å². The Morgan fingerprint density at radius 3 is 2.52 bits per heavy atom. The fraction of sp³-hybridized carbons (Fsp3) is 0.0625. The van der Waals surface area contributed by atoms with Gasteiger partial charge in [-0.25, -0.2) is 9.67 Å². The van der Waals surface area contributed by atoms with Crippen molar-refractivity contribution >= 4 is 34.4 Å². The number of benzene rings is 1. The van der Waals surface area contributed by atoms with E-state index >= 15 is 0 Å². The highest BCUT2D eigenvalue weighted by Gasteiger charge is 2.15. The lowest BCUT2D eigenvalue weighted by molar-refractivity contribution is 0.664. The van der Waals surface area contributed by atoms with Gasteiger partial charge in [0.05, 0.1) is 6.54 Å². The maximum atomic E-state index is 12.3. The van der Waals surface area contributed by atoms with Crippen molar-refractivity contribution in [2.75, 3.05) is 0 Å². The number of nitrogens with one attached hydrogen (secondary N) is 1. The van der Waals surface area contributed by atoms with Gasteiger partial charge in [-0.2, -0.15) is 0 Å². The highest BCUT2D eigenvalue weighted by atomic mass is 35.5. The van der Waals surface area contributed by atoms with E-state index in [1.54, 1.807) is 42.7 Å². The van der Waals surface area contributed by atoms with Gasteiger partial charge in [-0.1, -0.05) is 34.5 Å². The molecule has 1 aromatic carbocycles. The molecule has 25 heavy (non-hydrogen) atoms. The molecule has 0 fully saturated rings. The van der Waals surface area contributed by atoms with Gasteiger partial charge in [-0.05, 0) is 24.3 Å². The van der Waals surface area contributed by atoms with Gasteiger partial charge < -0.3 is 4.98 Å². The molecule has 124 valence electrons. The summed E-state index contributed by atoms with van der Waals surface area (Å²) in [5.74, 6) is 0.411. The number of rotatable bonds is 3. The van der Waals surface area contributed by atoms with Crippen molar-refractivity contribution in [2.24, 2.45) is 0 Å². The van der Waals surface area contributed by atoms with E-state index in [9.17, 15) is 4.79 Å². The van der Waals surface area contributed by atoms with Crippen LogP contribution in [-0.4, -0.2) is 29.9 Å². The van der Waals surface area contributed by atoms with E-state index in [4.69, 9.17) is 23.2 Å². The van der Waals surface area contributed by atoms with E-state index < -0.39 is 0 Å². The van der Waals surface area contributed by atoms with Crippen LogP contribution in [0, 0.1) is 0 Å². The molecule has 4 aromatic rings. The van der Waals surface area contributed by atoms with E-state index in [2.05, 4.69) is 25.3 Å². The third-order valence-corrected chi connectivity index (χ3v) is 4.41. The van der Waals surface area contributed by atoms with Gasteiger partial charge in [-0.15, -0.1) is 5.10 Å². The molecule has 0 atom stereocenters. The quantitative estimate of drug-likeness (QED) is 0.597. The molecular formula is C16H10Cl2N6O. The Bertz CT molecular complexity index is 1100. The average Bonchev–Trinajstić information content (AvgIpc) is 3.02. The zero-order valence-corrected chi connectivity index (χ0v) is 14.2. The predicted molar refractivity (Wildman–Crippen MR) is 94.7 cm³/mol.